The first-order valence-corrected chi connectivity index (χ1v) is 12.7. The summed E-state index contributed by atoms with van der Waals surface area (Å²) in [5.41, 5.74) is 8.58. The molecule has 2 aliphatic rings. The van der Waals surface area contributed by atoms with Gasteiger partial charge in [0.25, 0.3) is 0 Å². The predicted octanol–water partition coefficient (Wildman–Crippen LogP) is 5.60. The van der Waals surface area contributed by atoms with Gasteiger partial charge in [-0.15, -0.1) is 0 Å². The van der Waals surface area contributed by atoms with E-state index in [4.69, 9.17) is 43.6 Å². The Labute approximate surface area is 223 Å². The lowest BCUT2D eigenvalue weighted by atomic mass is 9.92. The minimum atomic E-state index is -5.08. The van der Waals surface area contributed by atoms with Crippen molar-refractivity contribution < 1.29 is 27.8 Å². The number of alkyl halides is 3. The van der Waals surface area contributed by atoms with Crippen LogP contribution in [0, 0.1) is 5.92 Å². The molecule has 2 aromatic heterocycles. The van der Waals surface area contributed by atoms with E-state index < -0.39 is 12.1 Å². The molecule has 204 valence electrons. The van der Waals surface area contributed by atoms with Gasteiger partial charge in [0.2, 0.25) is 0 Å². The van der Waals surface area contributed by atoms with Crippen molar-refractivity contribution in [1.82, 2.24) is 9.97 Å². The first-order valence-electron chi connectivity index (χ1n) is 12.0. The van der Waals surface area contributed by atoms with Gasteiger partial charge in [-0.2, -0.15) is 13.2 Å². The fourth-order valence-corrected chi connectivity index (χ4v) is 4.55. The zero-order valence-corrected chi connectivity index (χ0v) is 21.5. The number of nitrogens with two attached hydrogens (primary N) is 1. The summed E-state index contributed by atoms with van der Waals surface area (Å²) in [6.07, 6.45) is 4.69. The van der Waals surface area contributed by atoms with Gasteiger partial charge < -0.3 is 26.2 Å². The number of carbonyl (C=O) groups is 1. The van der Waals surface area contributed by atoms with E-state index in [1.165, 1.54) is 0 Å². The van der Waals surface area contributed by atoms with Crippen molar-refractivity contribution in [2.45, 2.75) is 56.8 Å². The number of ether oxygens (including phenoxy) is 1. The molecular formula is C24H30Cl2F3N5O3. The monoisotopic (exact) mass is 563 g/mol. The third-order valence-corrected chi connectivity index (χ3v) is 6.89. The number of hydrogen-bond donors (Lipinski definition) is 4. The van der Waals surface area contributed by atoms with Crippen LogP contribution in [-0.2, 0) is 9.53 Å². The Morgan fingerprint density at radius 2 is 1.70 bits per heavy atom. The molecule has 2 aromatic rings. The molecule has 37 heavy (non-hydrogen) atoms. The molecule has 5 N–H and O–H groups in total. The molecule has 0 unspecified atom stereocenters. The summed E-state index contributed by atoms with van der Waals surface area (Å²) in [7, 11) is 0. The molecule has 2 fully saturated rings. The zero-order valence-electron chi connectivity index (χ0n) is 20.0. The number of anilines is 2. The minimum Gasteiger partial charge on any atom is -0.475 e. The van der Waals surface area contributed by atoms with Gasteiger partial charge in [-0.3, -0.25) is 0 Å². The van der Waals surface area contributed by atoms with Crippen molar-refractivity contribution in [1.29, 1.82) is 0 Å². The first kappa shape index (κ1) is 29.2. The van der Waals surface area contributed by atoms with Crippen molar-refractivity contribution in [3.05, 3.63) is 34.7 Å². The second-order valence-corrected chi connectivity index (χ2v) is 9.87. The van der Waals surface area contributed by atoms with Crippen LogP contribution in [0.1, 0.15) is 38.5 Å². The third kappa shape index (κ3) is 9.17. The average Bonchev–Trinajstić information content (AvgIpc) is 2.86. The maximum Gasteiger partial charge on any atom is 0.490 e. The van der Waals surface area contributed by atoms with Gasteiger partial charge in [0.05, 0.1) is 16.9 Å². The zero-order chi connectivity index (χ0) is 27.0. The van der Waals surface area contributed by atoms with Gasteiger partial charge in [0, 0.05) is 49.2 Å². The fourth-order valence-electron chi connectivity index (χ4n) is 4.14. The maximum atomic E-state index is 10.6. The van der Waals surface area contributed by atoms with Crippen LogP contribution in [0.5, 0.6) is 0 Å². The number of carboxylic acid groups (broad SMARTS) is 1. The summed E-state index contributed by atoms with van der Waals surface area (Å²) in [6, 6.07) is 4.67. The lowest BCUT2D eigenvalue weighted by Crippen LogP contribution is -2.33. The number of nitrogens with one attached hydrogen (secondary N) is 2. The number of hydrogen-bond acceptors (Lipinski definition) is 7. The molecular weight excluding hydrogens is 534 g/mol. The summed E-state index contributed by atoms with van der Waals surface area (Å²) in [6.45, 7) is 2.57. The summed E-state index contributed by atoms with van der Waals surface area (Å²) in [4.78, 5) is 17.7. The van der Waals surface area contributed by atoms with Gasteiger partial charge in [-0.1, -0.05) is 23.2 Å². The van der Waals surface area contributed by atoms with Crippen LogP contribution in [0.15, 0.2) is 24.5 Å². The van der Waals surface area contributed by atoms with E-state index >= 15 is 0 Å². The first-order chi connectivity index (χ1) is 17.5. The van der Waals surface area contributed by atoms with Gasteiger partial charge >= 0.3 is 12.1 Å². The van der Waals surface area contributed by atoms with Gasteiger partial charge in [0.15, 0.2) is 0 Å². The number of aromatic nitrogens is 2. The molecule has 1 aliphatic carbocycles. The SMILES string of the molecule is N[C@H]1CC[C@H](Nc2cc(-c3cc(NCC4CCOCC4)cnc3Cl)c(Cl)cn2)CC1.O=C(O)C(F)(F)F. The number of halogens is 5. The molecule has 4 rings (SSSR count). The topological polar surface area (TPSA) is 122 Å². The van der Waals surface area contributed by atoms with E-state index in [9.17, 15) is 13.2 Å². The molecule has 0 radical (unpaired) electrons. The molecule has 1 saturated heterocycles. The smallest absolute Gasteiger partial charge is 0.475 e. The second-order valence-electron chi connectivity index (χ2n) is 9.11. The standard InChI is InChI=1S/C22H29Cl2N5O.C2HF3O2/c23-20-13-27-21(29-16-3-1-15(25)2-4-16)10-18(20)19-9-17(12-28-22(19)24)26-11-14-5-7-30-8-6-14;3-2(4,5)1(6)7/h9-10,12-16,26H,1-8,11,25H2,(H,27,29);(H,6,7)/t15-,16-;. The van der Waals surface area contributed by atoms with Crippen LogP contribution in [0.3, 0.4) is 0 Å². The van der Waals surface area contributed by atoms with Gasteiger partial charge in [0.1, 0.15) is 11.0 Å². The largest absolute Gasteiger partial charge is 0.490 e. The number of pyridine rings is 2. The molecule has 0 atom stereocenters. The quantitative estimate of drug-likeness (QED) is 0.335. The lowest BCUT2D eigenvalue weighted by Gasteiger charge is -2.27. The van der Waals surface area contributed by atoms with Gasteiger partial charge in [-0.05, 0) is 56.6 Å². The van der Waals surface area contributed by atoms with E-state index in [1.54, 1.807) is 12.4 Å². The van der Waals surface area contributed by atoms with E-state index in [1.807, 2.05) is 12.1 Å². The van der Waals surface area contributed by atoms with Crippen molar-refractivity contribution in [3.63, 3.8) is 0 Å². The molecule has 3 heterocycles. The Bertz CT molecular complexity index is 1050. The Hall–Kier alpha value is -2.34. The molecule has 0 spiro atoms. The molecule has 0 bridgehead atoms. The number of carboxylic acids is 1. The van der Waals surface area contributed by atoms with Crippen LogP contribution < -0.4 is 16.4 Å². The van der Waals surface area contributed by atoms with Crippen molar-refractivity contribution >= 4 is 40.7 Å². The number of aliphatic carboxylic acids is 1. The third-order valence-electron chi connectivity index (χ3n) is 6.29. The predicted molar refractivity (Wildman–Crippen MR) is 137 cm³/mol. The summed E-state index contributed by atoms with van der Waals surface area (Å²) < 4.78 is 37.2. The normalized spacial score (nSPS) is 20.5. The molecule has 13 heteroatoms. The van der Waals surface area contributed by atoms with E-state index in [0.29, 0.717) is 28.2 Å². The molecule has 0 amide bonds. The van der Waals surface area contributed by atoms with Crippen LogP contribution >= 0.6 is 23.2 Å². The lowest BCUT2D eigenvalue weighted by molar-refractivity contribution is -0.192. The number of nitrogens with zero attached hydrogens (tertiary/aromatic N) is 2. The van der Waals surface area contributed by atoms with E-state index in [2.05, 4.69) is 20.6 Å². The minimum absolute atomic E-state index is 0.318. The Morgan fingerprint density at radius 3 is 2.32 bits per heavy atom. The Balaban J connectivity index is 0.000000479. The molecule has 8 nitrogen and oxygen atoms in total. The van der Waals surface area contributed by atoms with Crippen molar-refractivity contribution in [2.75, 3.05) is 30.4 Å². The highest BCUT2D eigenvalue weighted by Gasteiger charge is 2.38. The number of rotatable bonds is 6. The highest BCUT2D eigenvalue weighted by molar-refractivity contribution is 6.36. The second kappa shape index (κ2) is 13.5. The van der Waals surface area contributed by atoms with Gasteiger partial charge in [-0.25, -0.2) is 14.8 Å². The summed E-state index contributed by atoms with van der Waals surface area (Å²) in [5.74, 6) is -1.35. The Kier molecular flexibility index (Phi) is 10.6. The molecule has 0 aromatic carbocycles. The van der Waals surface area contributed by atoms with E-state index in [0.717, 1.165) is 80.9 Å². The van der Waals surface area contributed by atoms with Crippen LogP contribution in [-0.4, -0.2) is 59.1 Å². The molecule has 1 saturated carbocycles. The van der Waals surface area contributed by atoms with Crippen molar-refractivity contribution in [2.24, 2.45) is 11.7 Å². The Morgan fingerprint density at radius 1 is 1.05 bits per heavy atom. The van der Waals surface area contributed by atoms with Crippen LogP contribution in [0.4, 0.5) is 24.7 Å². The van der Waals surface area contributed by atoms with Crippen LogP contribution in [0.25, 0.3) is 11.1 Å². The van der Waals surface area contributed by atoms with Crippen LogP contribution in [0.2, 0.25) is 10.2 Å². The molecule has 1 aliphatic heterocycles. The summed E-state index contributed by atoms with van der Waals surface area (Å²) in [5, 5.41) is 15.1. The van der Waals surface area contributed by atoms with E-state index in [-0.39, 0.29) is 0 Å². The van der Waals surface area contributed by atoms with Crippen molar-refractivity contribution in [3.8, 4) is 11.1 Å². The highest BCUT2D eigenvalue weighted by atomic mass is 35.5. The highest BCUT2D eigenvalue weighted by Crippen LogP contribution is 2.35. The summed E-state index contributed by atoms with van der Waals surface area (Å²) >= 11 is 12.9. The maximum absolute atomic E-state index is 10.6. The fraction of sp³-hybridized carbons (Fsp3) is 0.542. The average molecular weight is 564 g/mol.